The summed E-state index contributed by atoms with van der Waals surface area (Å²) in [5.74, 6) is -0.414. The molecule has 0 radical (unpaired) electrons. The Balaban J connectivity index is 4.75. The Labute approximate surface area is 70.4 Å². The number of aliphatic hydroxyl groups is 1. The molecule has 0 aliphatic heterocycles. The lowest BCUT2D eigenvalue weighted by Gasteiger charge is -2.23. The second kappa shape index (κ2) is 3.94. The third kappa shape index (κ3) is 2.11. The van der Waals surface area contributed by atoms with Crippen LogP contribution in [-0.2, 0) is 4.79 Å². The quantitative estimate of drug-likeness (QED) is 0.372. The minimum atomic E-state index is -1.38. The maximum atomic E-state index is 11.3. The first-order valence-electron chi connectivity index (χ1n) is 3.37. The molecule has 0 bridgehead atoms. The highest BCUT2D eigenvalue weighted by atomic mass is 16.3. The summed E-state index contributed by atoms with van der Waals surface area (Å²) in [4.78, 5) is 15.1. The Morgan fingerprint density at radius 3 is 2.50 bits per heavy atom. The monoisotopic (exact) mass is 172 g/mol. The Bertz CT molecular complexity index is 222. The number of amides is 1. The molecule has 0 aliphatic rings. The Hall–Kier alpha value is -1.26. The lowest BCUT2D eigenvalue weighted by atomic mass is 10.0. The summed E-state index contributed by atoms with van der Waals surface area (Å²) in [6.45, 7) is 0.892. The zero-order valence-corrected chi connectivity index (χ0v) is 7.35. The average molecular weight is 172 g/mol. The molecule has 0 saturated heterocycles. The summed E-state index contributed by atoms with van der Waals surface area (Å²) in [6.07, 6.45) is 0. The van der Waals surface area contributed by atoms with Gasteiger partial charge in [-0.05, 0) is 12.5 Å². The molecule has 68 valence electrons. The SMILES string of the molecule is CN(C)C(=O)[C@@](C)(CO)N=[N+]=[N-]. The van der Waals surface area contributed by atoms with Crippen molar-refractivity contribution in [3.8, 4) is 0 Å². The molecule has 0 fully saturated rings. The van der Waals surface area contributed by atoms with Gasteiger partial charge in [-0.15, -0.1) is 0 Å². The number of aliphatic hydroxyl groups excluding tert-OH is 1. The van der Waals surface area contributed by atoms with E-state index < -0.39 is 18.1 Å². The smallest absolute Gasteiger partial charge is 0.236 e. The van der Waals surface area contributed by atoms with E-state index in [0.717, 1.165) is 0 Å². The van der Waals surface area contributed by atoms with Crippen LogP contribution in [0.25, 0.3) is 10.4 Å². The largest absolute Gasteiger partial charge is 0.395 e. The highest BCUT2D eigenvalue weighted by molar-refractivity contribution is 5.85. The fourth-order valence-electron chi connectivity index (χ4n) is 0.722. The molecular formula is C6H12N4O2. The van der Waals surface area contributed by atoms with Crippen LogP contribution in [0.4, 0.5) is 0 Å². The van der Waals surface area contributed by atoms with Gasteiger partial charge in [0, 0.05) is 19.0 Å². The van der Waals surface area contributed by atoms with Crippen LogP contribution in [0, 0.1) is 0 Å². The average Bonchev–Trinajstić information content (AvgIpc) is 2.03. The number of carbonyl (C=O) groups excluding carboxylic acids is 1. The third-order valence-corrected chi connectivity index (χ3v) is 1.44. The van der Waals surface area contributed by atoms with Crippen LogP contribution in [0.15, 0.2) is 5.11 Å². The standard InChI is InChI=1S/C6H12N4O2/c1-6(4-11,8-9-7)5(12)10(2)3/h11H,4H2,1-3H3/t6-/m1/s1. The fourth-order valence-corrected chi connectivity index (χ4v) is 0.722. The van der Waals surface area contributed by atoms with Crippen molar-refractivity contribution in [2.75, 3.05) is 20.7 Å². The molecule has 6 nitrogen and oxygen atoms in total. The first-order chi connectivity index (χ1) is 5.48. The van der Waals surface area contributed by atoms with E-state index in [1.165, 1.54) is 25.9 Å². The van der Waals surface area contributed by atoms with E-state index in [4.69, 9.17) is 10.6 Å². The maximum Gasteiger partial charge on any atom is 0.236 e. The van der Waals surface area contributed by atoms with Crippen molar-refractivity contribution in [1.29, 1.82) is 0 Å². The van der Waals surface area contributed by atoms with E-state index in [-0.39, 0.29) is 0 Å². The molecule has 6 heteroatoms. The highest BCUT2D eigenvalue weighted by Crippen LogP contribution is 2.12. The summed E-state index contributed by atoms with van der Waals surface area (Å²) >= 11 is 0. The normalized spacial score (nSPS) is 14.3. The summed E-state index contributed by atoms with van der Waals surface area (Å²) < 4.78 is 0. The minimum Gasteiger partial charge on any atom is -0.395 e. The van der Waals surface area contributed by atoms with E-state index in [9.17, 15) is 4.79 Å². The van der Waals surface area contributed by atoms with Gasteiger partial charge < -0.3 is 10.0 Å². The molecule has 0 unspecified atom stereocenters. The van der Waals surface area contributed by atoms with E-state index in [0.29, 0.717) is 0 Å². The van der Waals surface area contributed by atoms with Crippen molar-refractivity contribution in [1.82, 2.24) is 4.90 Å². The Morgan fingerprint density at radius 1 is 1.75 bits per heavy atom. The van der Waals surface area contributed by atoms with Crippen molar-refractivity contribution >= 4 is 5.91 Å². The van der Waals surface area contributed by atoms with E-state index in [1.54, 1.807) is 0 Å². The number of carbonyl (C=O) groups is 1. The summed E-state index contributed by atoms with van der Waals surface area (Å²) in [7, 11) is 3.06. The molecule has 12 heavy (non-hydrogen) atoms. The van der Waals surface area contributed by atoms with Crippen LogP contribution in [0.3, 0.4) is 0 Å². The number of azide groups is 1. The Morgan fingerprint density at radius 2 is 2.25 bits per heavy atom. The van der Waals surface area contributed by atoms with Gasteiger partial charge in [-0.25, -0.2) is 0 Å². The van der Waals surface area contributed by atoms with Gasteiger partial charge in [0.05, 0.1) is 6.61 Å². The summed E-state index contributed by atoms with van der Waals surface area (Å²) in [6, 6.07) is 0. The topological polar surface area (TPSA) is 89.3 Å². The molecule has 1 amide bonds. The van der Waals surface area contributed by atoms with Crippen LogP contribution >= 0.6 is 0 Å². The van der Waals surface area contributed by atoms with Gasteiger partial charge in [0.1, 0.15) is 5.54 Å². The summed E-state index contributed by atoms with van der Waals surface area (Å²) in [5.41, 5.74) is 6.76. The van der Waals surface area contributed by atoms with Crippen molar-refractivity contribution in [3.63, 3.8) is 0 Å². The summed E-state index contributed by atoms with van der Waals surface area (Å²) in [5, 5.41) is 12.1. The number of rotatable bonds is 3. The molecule has 1 atom stereocenters. The van der Waals surface area contributed by atoms with Gasteiger partial charge in [0.15, 0.2) is 0 Å². The highest BCUT2D eigenvalue weighted by Gasteiger charge is 2.32. The molecule has 0 heterocycles. The number of hydrogen-bond donors (Lipinski definition) is 1. The molecule has 0 aromatic heterocycles. The fraction of sp³-hybridized carbons (Fsp3) is 0.833. The van der Waals surface area contributed by atoms with E-state index >= 15 is 0 Å². The van der Waals surface area contributed by atoms with Crippen LogP contribution in [-0.4, -0.2) is 42.2 Å². The van der Waals surface area contributed by atoms with Gasteiger partial charge in [-0.1, -0.05) is 5.11 Å². The lowest BCUT2D eigenvalue weighted by molar-refractivity contribution is -0.135. The molecule has 0 aliphatic carbocycles. The van der Waals surface area contributed by atoms with E-state index in [1.807, 2.05) is 0 Å². The minimum absolute atomic E-state index is 0.414. The van der Waals surface area contributed by atoms with Gasteiger partial charge >= 0.3 is 0 Å². The van der Waals surface area contributed by atoms with Crippen LogP contribution in [0.2, 0.25) is 0 Å². The molecule has 0 aromatic carbocycles. The maximum absolute atomic E-state index is 11.3. The predicted molar refractivity (Wildman–Crippen MR) is 43.3 cm³/mol. The molecule has 0 aromatic rings. The van der Waals surface area contributed by atoms with Crippen molar-refractivity contribution in [2.45, 2.75) is 12.5 Å². The van der Waals surface area contributed by atoms with Gasteiger partial charge in [-0.3, -0.25) is 4.79 Å². The number of nitrogens with zero attached hydrogens (tertiary/aromatic N) is 4. The predicted octanol–water partition coefficient (Wildman–Crippen LogP) is 0.136. The number of likely N-dealkylation sites (N-methyl/N-ethyl adjacent to an activating group) is 1. The first kappa shape index (κ1) is 10.7. The van der Waals surface area contributed by atoms with Crippen molar-refractivity contribution in [3.05, 3.63) is 10.4 Å². The van der Waals surface area contributed by atoms with Gasteiger partial charge in [0.25, 0.3) is 0 Å². The molecule has 0 spiro atoms. The van der Waals surface area contributed by atoms with Crippen molar-refractivity contribution in [2.24, 2.45) is 5.11 Å². The van der Waals surface area contributed by atoms with Gasteiger partial charge in [0.2, 0.25) is 5.91 Å². The molecule has 1 N–H and O–H groups in total. The van der Waals surface area contributed by atoms with Crippen LogP contribution in [0.1, 0.15) is 6.92 Å². The number of hydrogen-bond acceptors (Lipinski definition) is 3. The third-order valence-electron chi connectivity index (χ3n) is 1.44. The molecule has 0 rings (SSSR count). The van der Waals surface area contributed by atoms with Crippen LogP contribution in [0.5, 0.6) is 0 Å². The van der Waals surface area contributed by atoms with Gasteiger partial charge in [-0.2, -0.15) is 0 Å². The second-order valence-electron chi connectivity index (χ2n) is 2.82. The lowest BCUT2D eigenvalue weighted by Crippen LogP contribution is -2.44. The zero-order valence-electron chi connectivity index (χ0n) is 7.35. The molecular weight excluding hydrogens is 160 g/mol. The zero-order chi connectivity index (χ0) is 9.78. The Kier molecular flexibility index (Phi) is 3.53. The van der Waals surface area contributed by atoms with Crippen molar-refractivity contribution < 1.29 is 9.90 Å². The first-order valence-corrected chi connectivity index (χ1v) is 3.37. The second-order valence-corrected chi connectivity index (χ2v) is 2.82. The van der Waals surface area contributed by atoms with E-state index in [2.05, 4.69) is 10.0 Å². The molecule has 0 saturated carbocycles. The van der Waals surface area contributed by atoms with Crippen LogP contribution < -0.4 is 0 Å².